The molecule has 3 aliphatic rings. The molecule has 9 aromatic rings. The van der Waals surface area contributed by atoms with E-state index in [1.54, 1.807) is 0 Å². The summed E-state index contributed by atoms with van der Waals surface area (Å²) in [5, 5.41) is 5.11. The van der Waals surface area contributed by atoms with Crippen molar-refractivity contribution in [3.8, 4) is 45.3 Å². The number of aromatic nitrogens is 3. The third-order valence-corrected chi connectivity index (χ3v) is 12.5. The molecule has 0 radical (unpaired) electrons. The van der Waals surface area contributed by atoms with E-state index < -0.39 is 5.41 Å². The number of hydrogen-bond acceptors (Lipinski definition) is 3. The number of fused-ring (bicyclic) bond motifs is 17. The molecule has 0 N–H and O–H groups in total. The van der Waals surface area contributed by atoms with Crippen LogP contribution in [0.15, 0.2) is 200 Å². The lowest BCUT2D eigenvalue weighted by Gasteiger charge is -2.36. The molecule has 1 aromatic heterocycles. The molecule has 3 nitrogen and oxygen atoms in total. The van der Waals surface area contributed by atoms with Crippen molar-refractivity contribution >= 4 is 21.5 Å². The molecule has 3 atom stereocenters. The largest absolute Gasteiger partial charge is 0.208 e. The quantitative estimate of drug-likeness (QED) is 0.170. The van der Waals surface area contributed by atoms with Crippen LogP contribution < -0.4 is 0 Å². The minimum atomic E-state index is -0.645. The molecular formula is C54H35N3. The number of nitrogens with zero attached hydrogens (tertiary/aromatic N) is 3. The first-order valence-corrected chi connectivity index (χ1v) is 19.8. The summed E-state index contributed by atoms with van der Waals surface area (Å²) in [4.78, 5) is 15.5. The van der Waals surface area contributed by atoms with E-state index in [0.717, 1.165) is 16.7 Å². The van der Waals surface area contributed by atoms with Crippen molar-refractivity contribution in [1.29, 1.82) is 0 Å². The molecule has 12 rings (SSSR count). The van der Waals surface area contributed by atoms with Gasteiger partial charge in [0.15, 0.2) is 17.5 Å². The van der Waals surface area contributed by atoms with Crippen molar-refractivity contribution < 1.29 is 0 Å². The van der Waals surface area contributed by atoms with E-state index in [1.165, 1.54) is 66.1 Å². The van der Waals surface area contributed by atoms with Crippen LogP contribution in [-0.4, -0.2) is 15.0 Å². The predicted molar refractivity (Wildman–Crippen MR) is 232 cm³/mol. The fourth-order valence-corrected chi connectivity index (χ4v) is 10.3. The average molecular weight is 726 g/mol. The molecule has 1 spiro atoms. The van der Waals surface area contributed by atoms with E-state index in [1.807, 2.05) is 36.4 Å². The van der Waals surface area contributed by atoms with Crippen LogP contribution in [0, 0.1) is 0 Å². The van der Waals surface area contributed by atoms with Gasteiger partial charge in [0.2, 0.25) is 0 Å². The van der Waals surface area contributed by atoms with Crippen LogP contribution >= 0.6 is 0 Å². The van der Waals surface area contributed by atoms with Crippen LogP contribution in [0.2, 0.25) is 0 Å². The van der Waals surface area contributed by atoms with Crippen LogP contribution in [-0.2, 0) is 5.41 Å². The van der Waals surface area contributed by atoms with Crippen molar-refractivity contribution in [3.63, 3.8) is 0 Å². The molecule has 0 fully saturated rings. The molecule has 3 unspecified atom stereocenters. The van der Waals surface area contributed by atoms with Gasteiger partial charge in [-0.15, -0.1) is 0 Å². The maximum absolute atomic E-state index is 5.24. The van der Waals surface area contributed by atoms with Crippen molar-refractivity contribution in [2.24, 2.45) is 0 Å². The summed E-state index contributed by atoms with van der Waals surface area (Å²) >= 11 is 0. The van der Waals surface area contributed by atoms with Gasteiger partial charge in [-0.25, -0.2) is 15.0 Å². The predicted octanol–water partition coefficient (Wildman–Crippen LogP) is 12.8. The highest BCUT2D eigenvalue weighted by atomic mass is 15.0. The Kier molecular flexibility index (Phi) is 6.97. The van der Waals surface area contributed by atoms with Crippen LogP contribution in [0.5, 0.6) is 0 Å². The maximum atomic E-state index is 5.24. The molecule has 266 valence electrons. The Morgan fingerprint density at radius 3 is 1.53 bits per heavy atom. The average Bonchev–Trinajstić information content (AvgIpc) is 3.56. The van der Waals surface area contributed by atoms with E-state index in [4.69, 9.17) is 15.0 Å². The Hall–Kier alpha value is -7.23. The fourth-order valence-electron chi connectivity index (χ4n) is 10.3. The Morgan fingerprint density at radius 2 is 0.860 bits per heavy atom. The Labute approximate surface area is 331 Å². The van der Waals surface area contributed by atoms with Gasteiger partial charge in [-0.2, -0.15) is 0 Å². The molecule has 0 saturated carbocycles. The maximum Gasteiger partial charge on any atom is 0.164 e. The van der Waals surface area contributed by atoms with Gasteiger partial charge in [0, 0.05) is 28.5 Å². The third-order valence-electron chi connectivity index (χ3n) is 12.5. The highest BCUT2D eigenvalue weighted by Gasteiger charge is 2.52. The van der Waals surface area contributed by atoms with Gasteiger partial charge in [0.25, 0.3) is 0 Å². The van der Waals surface area contributed by atoms with E-state index in [-0.39, 0.29) is 11.8 Å². The molecule has 0 aliphatic heterocycles. The van der Waals surface area contributed by atoms with Gasteiger partial charge in [-0.3, -0.25) is 0 Å². The normalized spacial score (nSPS) is 18.5. The molecule has 1 heterocycles. The Bertz CT molecular complexity index is 3090. The summed E-state index contributed by atoms with van der Waals surface area (Å²) in [6, 6.07) is 64.0. The van der Waals surface area contributed by atoms with E-state index in [9.17, 15) is 0 Å². The minimum Gasteiger partial charge on any atom is -0.208 e. The van der Waals surface area contributed by atoms with E-state index in [0.29, 0.717) is 17.5 Å². The van der Waals surface area contributed by atoms with Crippen LogP contribution in [0.3, 0.4) is 0 Å². The molecule has 0 amide bonds. The first-order chi connectivity index (χ1) is 28.3. The highest BCUT2D eigenvalue weighted by Crippen LogP contribution is 2.64. The van der Waals surface area contributed by atoms with Crippen LogP contribution in [0.4, 0.5) is 0 Å². The van der Waals surface area contributed by atoms with Gasteiger partial charge >= 0.3 is 0 Å². The van der Waals surface area contributed by atoms with Gasteiger partial charge in [-0.1, -0.05) is 194 Å². The Morgan fingerprint density at radius 1 is 0.368 bits per heavy atom. The molecule has 0 bridgehead atoms. The lowest BCUT2D eigenvalue weighted by Crippen LogP contribution is -2.30. The first-order valence-electron chi connectivity index (χ1n) is 19.8. The minimum absolute atomic E-state index is 0.139. The van der Waals surface area contributed by atoms with Gasteiger partial charge < -0.3 is 0 Å². The SMILES string of the molecule is C1=CC2c3ccccc3C3(c4ccccc4-c4c3c3ccccc3c3ccccc43)c3cc(-c4nc(-c5ccccc5)nc(-c5ccccc5)n4)ccc3C2C=C1. The first kappa shape index (κ1) is 32.1. The molecular weight excluding hydrogens is 691 g/mol. The smallest absolute Gasteiger partial charge is 0.164 e. The zero-order valence-electron chi connectivity index (χ0n) is 31.0. The fraction of sp³-hybridized carbons (Fsp3) is 0.0556. The third kappa shape index (κ3) is 4.57. The number of benzene rings is 8. The molecule has 3 heteroatoms. The topological polar surface area (TPSA) is 38.7 Å². The summed E-state index contributed by atoms with van der Waals surface area (Å²) in [5.41, 5.74) is 12.8. The summed E-state index contributed by atoms with van der Waals surface area (Å²) < 4.78 is 0. The molecule has 0 saturated heterocycles. The summed E-state index contributed by atoms with van der Waals surface area (Å²) in [7, 11) is 0. The standard InChI is InChI=1S/C54H35N3/c1-3-17-34(18-4-1)51-55-52(35-19-5-2-6-20-35)57-53(56-51)36-31-32-42-38-22-8-7-21-37(38)41-25-13-15-29-46(41)54(48(42)33-36)47-30-16-14-28-45(47)49-43-26-11-9-23-39(43)40-24-10-12-27-44(40)50(49)54/h1-33,37-38H. The van der Waals surface area contributed by atoms with Gasteiger partial charge in [0.05, 0.1) is 5.41 Å². The number of rotatable bonds is 3. The molecule has 57 heavy (non-hydrogen) atoms. The summed E-state index contributed by atoms with van der Waals surface area (Å²) in [6.07, 6.45) is 9.27. The number of allylic oxidation sites excluding steroid dienone is 4. The van der Waals surface area contributed by atoms with E-state index >= 15 is 0 Å². The molecule has 8 aromatic carbocycles. The van der Waals surface area contributed by atoms with E-state index in [2.05, 4.69) is 164 Å². The zero-order chi connectivity index (χ0) is 37.5. The van der Waals surface area contributed by atoms with Gasteiger partial charge in [-0.05, 0) is 72.1 Å². The lowest BCUT2D eigenvalue weighted by molar-refractivity contribution is 0.732. The van der Waals surface area contributed by atoms with Crippen molar-refractivity contribution in [2.75, 3.05) is 0 Å². The summed E-state index contributed by atoms with van der Waals surface area (Å²) in [5.74, 6) is 2.28. The summed E-state index contributed by atoms with van der Waals surface area (Å²) in [6.45, 7) is 0. The van der Waals surface area contributed by atoms with Crippen molar-refractivity contribution in [2.45, 2.75) is 17.3 Å². The van der Waals surface area contributed by atoms with Gasteiger partial charge in [0.1, 0.15) is 0 Å². The van der Waals surface area contributed by atoms with Crippen molar-refractivity contribution in [1.82, 2.24) is 15.0 Å². The van der Waals surface area contributed by atoms with Crippen LogP contribution in [0.1, 0.15) is 45.2 Å². The zero-order valence-corrected chi connectivity index (χ0v) is 31.0. The highest BCUT2D eigenvalue weighted by molar-refractivity contribution is 6.19. The van der Waals surface area contributed by atoms with Crippen molar-refractivity contribution in [3.05, 3.63) is 234 Å². The monoisotopic (exact) mass is 725 g/mol. The number of hydrogen-bond donors (Lipinski definition) is 0. The Balaban J connectivity index is 1.25. The second kappa shape index (κ2) is 12.4. The second-order valence-electron chi connectivity index (χ2n) is 15.4. The lowest BCUT2D eigenvalue weighted by atomic mass is 9.64. The molecule has 3 aliphatic carbocycles. The van der Waals surface area contributed by atoms with Crippen LogP contribution in [0.25, 0.3) is 66.8 Å². The second-order valence-corrected chi connectivity index (χ2v) is 15.4.